The van der Waals surface area contributed by atoms with Crippen molar-refractivity contribution in [3.05, 3.63) is 60.9 Å². The summed E-state index contributed by atoms with van der Waals surface area (Å²) in [5.41, 5.74) is 1.89. The number of aromatic nitrogens is 2. The molecule has 0 aliphatic rings. The van der Waals surface area contributed by atoms with E-state index in [1.54, 1.807) is 6.07 Å². The Labute approximate surface area is 135 Å². The molecule has 0 saturated carbocycles. The predicted octanol–water partition coefficient (Wildman–Crippen LogP) is 5.08. The van der Waals surface area contributed by atoms with Crippen molar-refractivity contribution in [3.8, 4) is 11.5 Å². The first-order chi connectivity index (χ1) is 10.8. The molecule has 2 aromatic heterocycles. The van der Waals surface area contributed by atoms with Crippen LogP contribution in [0.2, 0.25) is 0 Å². The Morgan fingerprint density at radius 3 is 2.13 bits per heavy atom. The quantitative estimate of drug-likeness (QED) is 0.483. The zero-order valence-corrected chi connectivity index (χ0v) is 12.3. The Morgan fingerprint density at radius 2 is 1.48 bits per heavy atom. The molecule has 4 aromatic rings. The summed E-state index contributed by atoms with van der Waals surface area (Å²) in [6.07, 6.45) is 3.73. The van der Waals surface area contributed by atoms with Crippen LogP contribution in [0.4, 0.5) is 0 Å². The predicted molar refractivity (Wildman–Crippen MR) is 96.2 cm³/mol. The van der Waals surface area contributed by atoms with E-state index >= 15 is 0 Å². The van der Waals surface area contributed by atoms with Gasteiger partial charge in [0, 0.05) is 23.2 Å². The van der Waals surface area contributed by atoms with E-state index in [1.807, 2.05) is 55.7 Å². The molecule has 0 unspecified atom stereocenters. The number of ether oxygens (including phenoxy) is 1. The molecule has 0 fully saturated rings. The summed E-state index contributed by atoms with van der Waals surface area (Å²) < 4.78 is 5.45. The summed E-state index contributed by atoms with van der Waals surface area (Å²) in [6, 6.07) is 15.4. The summed E-state index contributed by atoms with van der Waals surface area (Å²) in [5.74, 6) is 1.24. The second kappa shape index (κ2) is 7.40. The normalized spacial score (nSPS) is 9.96. The molecule has 0 radical (unpaired) electrons. The lowest BCUT2D eigenvalue weighted by Crippen LogP contribution is -1.91. The number of hydrogen-bond donors (Lipinski definition) is 3. The van der Waals surface area contributed by atoms with Crippen LogP contribution >= 0.6 is 0 Å². The lowest BCUT2D eigenvalue weighted by Gasteiger charge is -2.02. The number of nitrogens with one attached hydrogen (secondary N) is 2. The highest BCUT2D eigenvalue weighted by Gasteiger charge is 2.00. The van der Waals surface area contributed by atoms with E-state index in [1.165, 1.54) is 5.39 Å². The zero-order valence-electron chi connectivity index (χ0n) is 12.3. The molecule has 23 heavy (non-hydrogen) atoms. The molecule has 4 rings (SSSR count). The van der Waals surface area contributed by atoms with Gasteiger partial charge in [0.2, 0.25) is 0 Å². The third kappa shape index (κ3) is 3.48. The van der Waals surface area contributed by atoms with Crippen molar-refractivity contribution < 1.29 is 9.84 Å². The van der Waals surface area contributed by atoms with E-state index in [4.69, 9.17) is 4.74 Å². The average Bonchev–Trinajstić information content (AvgIpc) is 3.18. The Hall–Kier alpha value is -2.88. The maximum atomic E-state index is 9.23. The van der Waals surface area contributed by atoms with Gasteiger partial charge >= 0.3 is 0 Å². The van der Waals surface area contributed by atoms with E-state index in [-0.39, 0.29) is 7.43 Å². The molecule has 2 heterocycles. The maximum absolute atomic E-state index is 9.23. The van der Waals surface area contributed by atoms with Crippen LogP contribution in [0.5, 0.6) is 11.5 Å². The van der Waals surface area contributed by atoms with Gasteiger partial charge in [-0.1, -0.05) is 31.7 Å². The molecule has 0 bridgehead atoms. The highest BCUT2D eigenvalue weighted by atomic mass is 16.5. The van der Waals surface area contributed by atoms with E-state index < -0.39 is 0 Å². The average molecular weight is 310 g/mol. The van der Waals surface area contributed by atoms with Crippen LogP contribution in [-0.4, -0.2) is 21.7 Å². The van der Waals surface area contributed by atoms with Gasteiger partial charge in [-0.25, -0.2) is 0 Å². The fraction of sp³-hybridized carbons (Fsp3) is 0.158. The van der Waals surface area contributed by atoms with Crippen molar-refractivity contribution in [1.29, 1.82) is 0 Å². The van der Waals surface area contributed by atoms with Crippen LogP contribution in [0.25, 0.3) is 21.8 Å². The van der Waals surface area contributed by atoms with Gasteiger partial charge < -0.3 is 19.8 Å². The van der Waals surface area contributed by atoms with Crippen molar-refractivity contribution in [2.45, 2.75) is 14.4 Å². The van der Waals surface area contributed by atoms with Gasteiger partial charge in [0.25, 0.3) is 0 Å². The van der Waals surface area contributed by atoms with Crippen molar-refractivity contribution in [3.63, 3.8) is 0 Å². The SMILES string of the molecule is C.CCOc1cccc2cc[nH]c12.Oc1cccc2cc[nH]c12. The molecule has 4 heteroatoms. The molecule has 0 aliphatic heterocycles. The zero-order chi connectivity index (χ0) is 15.4. The van der Waals surface area contributed by atoms with Gasteiger partial charge in [0.05, 0.1) is 17.6 Å². The standard InChI is InChI=1S/C10H11NO.C8H7NO.CH4/c1-2-12-9-5-3-4-8-6-7-11-10(8)9;10-7-3-1-2-6-4-5-9-8(6)7;/h3-7,11H,2H2,1H3;1-5,9-10H;1H4. The number of fused-ring (bicyclic) bond motifs is 2. The van der Waals surface area contributed by atoms with Crippen molar-refractivity contribution in [2.24, 2.45) is 0 Å². The minimum absolute atomic E-state index is 0. The topological polar surface area (TPSA) is 61.0 Å². The van der Waals surface area contributed by atoms with E-state index in [9.17, 15) is 5.11 Å². The molecular formula is C19H22N2O2. The summed E-state index contributed by atoms with van der Waals surface area (Å²) in [5, 5.41) is 11.5. The lowest BCUT2D eigenvalue weighted by molar-refractivity contribution is 0.344. The van der Waals surface area contributed by atoms with Crippen LogP contribution in [0, 0.1) is 0 Å². The minimum atomic E-state index is 0. The summed E-state index contributed by atoms with van der Waals surface area (Å²) in [4.78, 5) is 6.09. The van der Waals surface area contributed by atoms with Crippen LogP contribution in [0.3, 0.4) is 0 Å². The smallest absolute Gasteiger partial charge is 0.143 e. The Morgan fingerprint density at radius 1 is 0.870 bits per heavy atom. The first-order valence-corrected chi connectivity index (χ1v) is 7.23. The highest BCUT2D eigenvalue weighted by Crippen LogP contribution is 2.23. The summed E-state index contributed by atoms with van der Waals surface area (Å²) in [6.45, 7) is 2.69. The number of aromatic hydroxyl groups is 1. The third-order valence-electron chi connectivity index (χ3n) is 3.41. The minimum Gasteiger partial charge on any atom is -0.506 e. The second-order valence-electron chi connectivity index (χ2n) is 4.85. The van der Waals surface area contributed by atoms with Gasteiger partial charge in [-0.2, -0.15) is 0 Å². The molecule has 0 spiro atoms. The molecule has 2 aromatic carbocycles. The number of benzene rings is 2. The van der Waals surface area contributed by atoms with Crippen LogP contribution in [0.15, 0.2) is 60.9 Å². The fourth-order valence-corrected chi connectivity index (χ4v) is 2.40. The first-order valence-electron chi connectivity index (χ1n) is 7.23. The molecule has 0 aliphatic carbocycles. The Balaban J connectivity index is 0.000000162. The van der Waals surface area contributed by atoms with E-state index in [0.717, 1.165) is 22.2 Å². The van der Waals surface area contributed by atoms with E-state index in [0.29, 0.717) is 12.4 Å². The number of para-hydroxylation sites is 2. The molecule has 3 N–H and O–H groups in total. The number of phenolic OH excluding ortho intramolecular Hbond substituents is 1. The van der Waals surface area contributed by atoms with E-state index in [2.05, 4.69) is 16.0 Å². The van der Waals surface area contributed by atoms with Crippen molar-refractivity contribution in [1.82, 2.24) is 9.97 Å². The molecule has 0 atom stereocenters. The number of aromatic amines is 2. The number of phenols is 1. The third-order valence-corrected chi connectivity index (χ3v) is 3.41. The van der Waals surface area contributed by atoms with Gasteiger partial charge in [0.1, 0.15) is 11.5 Å². The van der Waals surface area contributed by atoms with Crippen LogP contribution < -0.4 is 4.74 Å². The van der Waals surface area contributed by atoms with Crippen molar-refractivity contribution in [2.75, 3.05) is 6.61 Å². The molecule has 0 saturated heterocycles. The molecule has 0 amide bonds. The molecule has 4 nitrogen and oxygen atoms in total. The van der Waals surface area contributed by atoms with Gasteiger partial charge in [-0.15, -0.1) is 0 Å². The number of rotatable bonds is 2. The number of H-pyrrole nitrogens is 2. The fourth-order valence-electron chi connectivity index (χ4n) is 2.40. The van der Waals surface area contributed by atoms with Gasteiger partial charge in [-0.05, 0) is 31.2 Å². The molecule has 120 valence electrons. The Kier molecular flexibility index (Phi) is 5.31. The monoisotopic (exact) mass is 310 g/mol. The van der Waals surface area contributed by atoms with Crippen LogP contribution in [0.1, 0.15) is 14.4 Å². The maximum Gasteiger partial charge on any atom is 0.143 e. The van der Waals surface area contributed by atoms with Crippen molar-refractivity contribution >= 4 is 21.8 Å². The van der Waals surface area contributed by atoms with Gasteiger partial charge in [-0.3, -0.25) is 0 Å². The molecular weight excluding hydrogens is 288 g/mol. The highest BCUT2D eigenvalue weighted by molar-refractivity contribution is 5.85. The Bertz CT molecular complexity index is 877. The lowest BCUT2D eigenvalue weighted by atomic mass is 10.2. The first kappa shape index (κ1) is 16.5. The van der Waals surface area contributed by atoms with Gasteiger partial charge in [0.15, 0.2) is 0 Å². The van der Waals surface area contributed by atoms with Crippen LogP contribution in [-0.2, 0) is 0 Å². The second-order valence-corrected chi connectivity index (χ2v) is 4.85. The largest absolute Gasteiger partial charge is 0.506 e. The number of hydrogen-bond acceptors (Lipinski definition) is 2. The summed E-state index contributed by atoms with van der Waals surface area (Å²) in [7, 11) is 0. The summed E-state index contributed by atoms with van der Waals surface area (Å²) >= 11 is 0.